The Hall–Kier alpha value is -2.04. The molecule has 0 unspecified atom stereocenters. The first kappa shape index (κ1) is 9.05. The molecule has 0 saturated heterocycles. The lowest BCUT2D eigenvalue weighted by Crippen LogP contribution is -2.22. The zero-order chi connectivity index (χ0) is 9.84. The van der Waals surface area contributed by atoms with Gasteiger partial charge in [0.2, 0.25) is 0 Å². The molecule has 0 radical (unpaired) electrons. The topological polar surface area (TPSA) is 92.4 Å². The van der Waals surface area contributed by atoms with E-state index in [2.05, 4.69) is 5.32 Å². The van der Waals surface area contributed by atoms with Crippen LogP contribution in [0.2, 0.25) is 0 Å². The molecule has 0 aromatic heterocycles. The van der Waals surface area contributed by atoms with Gasteiger partial charge >= 0.3 is 5.97 Å². The van der Waals surface area contributed by atoms with Crippen molar-refractivity contribution in [1.82, 2.24) is 5.32 Å². The van der Waals surface area contributed by atoms with E-state index in [0.29, 0.717) is 0 Å². The van der Waals surface area contributed by atoms with Gasteiger partial charge in [0.15, 0.2) is 0 Å². The first-order valence-electron chi connectivity index (χ1n) is 3.49. The van der Waals surface area contributed by atoms with Crippen LogP contribution in [0, 0.1) is 0 Å². The minimum atomic E-state index is -1.06. The fraction of sp³-hybridized carbons (Fsp3) is 0. The fourth-order valence-corrected chi connectivity index (χ4v) is 0.794. The van der Waals surface area contributed by atoms with Crippen molar-refractivity contribution in [1.29, 1.82) is 0 Å². The quantitative estimate of drug-likeness (QED) is 0.533. The second-order valence-corrected chi connectivity index (χ2v) is 2.35. The van der Waals surface area contributed by atoms with Crippen molar-refractivity contribution in [3.8, 4) is 0 Å². The van der Waals surface area contributed by atoms with Crippen LogP contribution in [-0.2, 0) is 9.59 Å². The zero-order valence-corrected chi connectivity index (χ0v) is 6.65. The van der Waals surface area contributed by atoms with Crippen molar-refractivity contribution in [2.75, 3.05) is 0 Å². The molecule has 1 aliphatic heterocycles. The summed E-state index contributed by atoms with van der Waals surface area (Å²) in [6, 6.07) is 0. The van der Waals surface area contributed by atoms with Crippen LogP contribution in [0.4, 0.5) is 0 Å². The number of carboxylic acid groups (broad SMARTS) is 1. The van der Waals surface area contributed by atoms with E-state index < -0.39 is 11.9 Å². The van der Waals surface area contributed by atoms with Crippen LogP contribution in [0.1, 0.15) is 0 Å². The van der Waals surface area contributed by atoms with Crippen LogP contribution in [-0.4, -0.2) is 17.0 Å². The van der Waals surface area contributed by atoms with E-state index in [1.54, 1.807) is 0 Å². The van der Waals surface area contributed by atoms with Crippen molar-refractivity contribution in [2.45, 2.75) is 0 Å². The van der Waals surface area contributed by atoms with E-state index in [4.69, 9.17) is 10.8 Å². The van der Waals surface area contributed by atoms with Gasteiger partial charge in [0.05, 0.1) is 5.57 Å². The van der Waals surface area contributed by atoms with E-state index >= 15 is 0 Å². The van der Waals surface area contributed by atoms with Gasteiger partial charge < -0.3 is 16.2 Å². The number of nitrogens with two attached hydrogens (primary N) is 1. The predicted molar refractivity (Wildman–Crippen MR) is 45.3 cm³/mol. The Balaban J connectivity index is 2.95. The van der Waals surface area contributed by atoms with Gasteiger partial charge in [-0.25, -0.2) is 4.79 Å². The number of carbonyl (C=O) groups is 2. The second-order valence-electron chi connectivity index (χ2n) is 2.35. The van der Waals surface area contributed by atoms with Gasteiger partial charge in [-0.1, -0.05) is 0 Å². The molecule has 5 heteroatoms. The highest BCUT2D eigenvalue weighted by Gasteiger charge is 2.07. The first-order chi connectivity index (χ1) is 6.11. The maximum absolute atomic E-state index is 10.7. The van der Waals surface area contributed by atoms with Crippen LogP contribution in [0.3, 0.4) is 0 Å². The molecule has 1 amide bonds. The van der Waals surface area contributed by atoms with Gasteiger partial charge in [-0.15, -0.1) is 0 Å². The van der Waals surface area contributed by atoms with E-state index in [0.717, 1.165) is 0 Å². The van der Waals surface area contributed by atoms with E-state index in [9.17, 15) is 9.59 Å². The van der Waals surface area contributed by atoms with Crippen molar-refractivity contribution in [2.24, 2.45) is 5.73 Å². The number of hydrogen-bond acceptors (Lipinski definition) is 3. The zero-order valence-electron chi connectivity index (χ0n) is 6.65. The molecule has 0 saturated carbocycles. The third-order valence-corrected chi connectivity index (χ3v) is 1.44. The summed E-state index contributed by atoms with van der Waals surface area (Å²) in [4.78, 5) is 21.2. The van der Waals surface area contributed by atoms with E-state index in [-0.39, 0.29) is 11.3 Å². The summed E-state index contributed by atoms with van der Waals surface area (Å²) >= 11 is 0. The Morgan fingerprint density at radius 3 is 2.62 bits per heavy atom. The summed E-state index contributed by atoms with van der Waals surface area (Å²) in [6.45, 7) is 0. The summed E-state index contributed by atoms with van der Waals surface area (Å²) in [5, 5.41) is 11.2. The number of aliphatic carboxylic acids is 1. The van der Waals surface area contributed by atoms with Gasteiger partial charge in [-0.2, -0.15) is 0 Å². The molecule has 13 heavy (non-hydrogen) atoms. The van der Waals surface area contributed by atoms with E-state index in [1.807, 2.05) is 0 Å². The number of carboxylic acids is 1. The molecule has 0 aromatic rings. The summed E-state index contributed by atoms with van der Waals surface area (Å²) < 4.78 is 0. The molecule has 0 bridgehead atoms. The Bertz CT molecular complexity index is 339. The number of hydrogen-bond donors (Lipinski definition) is 3. The lowest BCUT2D eigenvalue weighted by molar-refractivity contribution is -0.132. The smallest absolute Gasteiger partial charge is 0.335 e. The van der Waals surface area contributed by atoms with Crippen LogP contribution >= 0.6 is 0 Å². The SMILES string of the molecule is NC(=O)C1=CC=C(C(=O)O)C=CN1. The average molecular weight is 180 g/mol. The largest absolute Gasteiger partial charge is 0.478 e. The molecule has 1 aliphatic rings. The molecule has 0 atom stereocenters. The fourth-order valence-electron chi connectivity index (χ4n) is 0.794. The van der Waals surface area contributed by atoms with Crippen molar-refractivity contribution in [3.63, 3.8) is 0 Å². The highest BCUT2D eigenvalue weighted by Crippen LogP contribution is 2.03. The number of carbonyl (C=O) groups excluding carboxylic acids is 1. The number of amides is 1. The Morgan fingerprint density at radius 1 is 1.38 bits per heavy atom. The normalized spacial score (nSPS) is 15.1. The summed E-state index contributed by atoms with van der Waals surface area (Å²) in [7, 11) is 0. The molecule has 1 heterocycles. The van der Waals surface area contributed by atoms with Gasteiger partial charge in [0.1, 0.15) is 5.70 Å². The lowest BCUT2D eigenvalue weighted by Gasteiger charge is -1.97. The predicted octanol–water partition coefficient (Wildman–Crippen LogP) is -0.517. The van der Waals surface area contributed by atoms with Gasteiger partial charge in [-0.3, -0.25) is 4.79 Å². The first-order valence-corrected chi connectivity index (χ1v) is 3.49. The van der Waals surface area contributed by atoms with Gasteiger partial charge in [0.25, 0.3) is 5.91 Å². The van der Waals surface area contributed by atoms with Crippen LogP contribution in [0.25, 0.3) is 0 Å². The third kappa shape index (κ3) is 2.19. The van der Waals surface area contributed by atoms with E-state index in [1.165, 1.54) is 24.4 Å². The van der Waals surface area contributed by atoms with Crippen LogP contribution < -0.4 is 11.1 Å². The lowest BCUT2D eigenvalue weighted by atomic mass is 10.2. The molecule has 0 aliphatic carbocycles. The van der Waals surface area contributed by atoms with Gasteiger partial charge in [-0.05, 0) is 18.2 Å². The number of allylic oxidation sites excluding steroid dienone is 2. The maximum atomic E-state index is 10.7. The molecule has 68 valence electrons. The average Bonchev–Trinajstić information content (AvgIpc) is 2.27. The molecule has 1 rings (SSSR count). The Morgan fingerprint density at radius 2 is 2.08 bits per heavy atom. The molecule has 4 N–H and O–H groups in total. The number of primary amides is 1. The Labute approximate surface area is 74.2 Å². The highest BCUT2D eigenvalue weighted by molar-refractivity contribution is 5.94. The van der Waals surface area contributed by atoms with Crippen molar-refractivity contribution in [3.05, 3.63) is 35.7 Å². The molecular weight excluding hydrogens is 172 g/mol. The standard InChI is InChI=1S/C8H8N2O3/c9-7(11)6-2-1-5(8(12)13)3-4-10-6/h1-4,10H,(H2,9,11)(H,12,13). The monoisotopic (exact) mass is 180 g/mol. The number of rotatable bonds is 2. The molecule has 0 aromatic carbocycles. The summed E-state index contributed by atoms with van der Waals surface area (Å²) in [5.74, 6) is -1.69. The summed E-state index contributed by atoms with van der Waals surface area (Å²) in [5.41, 5.74) is 5.22. The van der Waals surface area contributed by atoms with Crippen LogP contribution in [0.15, 0.2) is 35.7 Å². The van der Waals surface area contributed by atoms with Crippen LogP contribution in [0.5, 0.6) is 0 Å². The van der Waals surface area contributed by atoms with Crippen molar-refractivity contribution >= 4 is 11.9 Å². The molecule has 0 fully saturated rings. The minimum absolute atomic E-state index is 0.0868. The molecular formula is C8H8N2O3. The minimum Gasteiger partial charge on any atom is -0.478 e. The Kier molecular flexibility index (Phi) is 2.49. The second kappa shape index (κ2) is 3.57. The highest BCUT2D eigenvalue weighted by atomic mass is 16.4. The molecule has 0 spiro atoms. The van der Waals surface area contributed by atoms with Gasteiger partial charge in [0, 0.05) is 6.20 Å². The van der Waals surface area contributed by atoms with Crippen molar-refractivity contribution < 1.29 is 14.7 Å². The third-order valence-electron chi connectivity index (χ3n) is 1.44. The summed E-state index contributed by atoms with van der Waals surface area (Å²) in [6.07, 6.45) is 5.32. The molecule has 5 nitrogen and oxygen atoms in total. The number of nitrogens with one attached hydrogen (secondary N) is 1. The maximum Gasteiger partial charge on any atom is 0.335 e.